The first-order valence-electron chi connectivity index (χ1n) is 2.91. The molecule has 0 bridgehead atoms. The number of hydrogen-bond acceptors (Lipinski definition) is 1. The Labute approximate surface area is 49.6 Å². The molecule has 0 aromatic rings. The fraction of sp³-hybridized carbons (Fsp3) is 1.00. The predicted octanol–water partition coefficient (Wildman–Crippen LogP) is 0.700. The van der Waals surface area contributed by atoms with Gasteiger partial charge in [-0.25, -0.2) is 0 Å². The molecule has 0 aliphatic rings. The molecule has 48 valence electrons. The molecule has 0 spiro atoms. The van der Waals surface area contributed by atoms with E-state index in [1.165, 1.54) is 7.05 Å². The van der Waals surface area contributed by atoms with E-state index in [-0.39, 0.29) is 0 Å². The van der Waals surface area contributed by atoms with Crippen molar-refractivity contribution in [1.29, 1.82) is 0 Å². The molecule has 0 amide bonds. The smallest absolute Gasteiger partial charge is 0.153 e. The first-order chi connectivity index (χ1) is 3.77. The molecular weight excluding hydrogens is 104 g/mol. The van der Waals surface area contributed by atoms with Gasteiger partial charge in [-0.15, -0.1) is 0 Å². The van der Waals surface area contributed by atoms with Gasteiger partial charge in [0.05, 0.1) is 11.5 Å². The molecule has 0 aromatic carbocycles. The quantitative estimate of drug-likeness (QED) is 0.334. The van der Waals surface area contributed by atoms with Crippen LogP contribution in [0.2, 0.25) is 0 Å². The molecule has 8 heavy (non-hydrogen) atoms. The van der Waals surface area contributed by atoms with E-state index in [1.54, 1.807) is 0 Å². The third-order valence-electron chi connectivity index (χ3n) is 0.865. The molecule has 3 nitrogen and oxygen atoms in total. The van der Waals surface area contributed by atoms with E-state index in [9.17, 15) is 4.91 Å². The maximum absolute atomic E-state index is 10.1. The van der Waals surface area contributed by atoms with Crippen molar-refractivity contribution in [3.05, 3.63) is 4.91 Å². The van der Waals surface area contributed by atoms with E-state index in [0.29, 0.717) is 0 Å². The van der Waals surface area contributed by atoms with Crippen LogP contribution in [0.3, 0.4) is 0 Å². The minimum Gasteiger partial charge on any atom is -0.153 e. The minimum absolute atomic E-state index is 0.732. The lowest BCUT2D eigenvalue weighted by atomic mass is 10.3. The number of hydrogen-bond donors (Lipinski definition) is 1. The Morgan fingerprint density at radius 2 is 2.25 bits per heavy atom. The molecule has 0 unspecified atom stereocenters. The summed E-state index contributed by atoms with van der Waals surface area (Å²) in [4.78, 5) is 10.9. The number of nitrogens with one attached hydrogen (secondary N) is 1. The highest BCUT2D eigenvalue weighted by atomic mass is 16.3. The third kappa shape index (κ3) is 5.40. The van der Waals surface area contributed by atoms with Crippen molar-refractivity contribution in [2.45, 2.75) is 19.8 Å². The van der Waals surface area contributed by atoms with Crippen LogP contribution in [-0.4, -0.2) is 18.5 Å². The zero-order valence-electron chi connectivity index (χ0n) is 5.48. The molecule has 0 aliphatic heterocycles. The average Bonchev–Trinajstić information content (AvgIpc) is 1.66. The number of hydrazine groups is 1. The van der Waals surface area contributed by atoms with Crippen molar-refractivity contribution in [2.75, 3.05) is 13.6 Å². The summed E-state index contributed by atoms with van der Waals surface area (Å²) >= 11 is 0. The fourth-order valence-corrected chi connectivity index (χ4v) is 0.413. The second-order valence-electron chi connectivity index (χ2n) is 1.76. The van der Waals surface area contributed by atoms with Crippen LogP contribution in [0, 0.1) is 4.91 Å². The van der Waals surface area contributed by atoms with Crippen LogP contribution in [0.15, 0.2) is 0 Å². The van der Waals surface area contributed by atoms with E-state index < -0.39 is 0 Å². The number of nitroso groups, excluding NO2 is 1. The second-order valence-corrected chi connectivity index (χ2v) is 1.76. The van der Waals surface area contributed by atoms with Crippen LogP contribution in [0.4, 0.5) is 0 Å². The zero-order valence-corrected chi connectivity index (χ0v) is 5.48. The van der Waals surface area contributed by atoms with Crippen LogP contribution in [0.1, 0.15) is 19.8 Å². The van der Waals surface area contributed by atoms with Crippen molar-refractivity contribution < 1.29 is 4.87 Å². The molecule has 1 N–H and O–H groups in total. The van der Waals surface area contributed by atoms with Gasteiger partial charge >= 0.3 is 0 Å². The molecule has 0 saturated heterocycles. The Kier molecular flexibility index (Phi) is 4.21. The number of rotatable bonds is 4. The van der Waals surface area contributed by atoms with Gasteiger partial charge in [0.1, 0.15) is 4.87 Å². The lowest BCUT2D eigenvalue weighted by molar-refractivity contribution is -0.580. The molecule has 0 saturated carbocycles. The molecule has 0 fully saturated rings. The van der Waals surface area contributed by atoms with Crippen LogP contribution in [0.25, 0.3) is 0 Å². The molecule has 0 aromatic heterocycles. The summed E-state index contributed by atoms with van der Waals surface area (Å²) in [5.74, 6) is 0. The van der Waals surface area contributed by atoms with Gasteiger partial charge < -0.3 is 0 Å². The molecule has 0 atom stereocenters. The van der Waals surface area contributed by atoms with Gasteiger partial charge in [0, 0.05) is 0 Å². The average molecular weight is 117 g/mol. The topological polar surface area (TPSA) is 32.1 Å². The van der Waals surface area contributed by atoms with E-state index >= 15 is 0 Å². The number of unbranched alkanes of at least 4 members (excludes halogenated alkanes) is 1. The second kappa shape index (κ2) is 4.56. The van der Waals surface area contributed by atoms with Crippen molar-refractivity contribution in [3.8, 4) is 0 Å². The molecule has 0 rings (SSSR count). The van der Waals surface area contributed by atoms with Crippen LogP contribution < -0.4 is 5.43 Å². The van der Waals surface area contributed by atoms with Crippen LogP contribution >= 0.6 is 0 Å². The largest absolute Gasteiger partial charge is 0.215 e. The molecular formula is C5H13N2O+. The lowest BCUT2D eigenvalue weighted by Crippen LogP contribution is -2.23. The molecule has 0 heterocycles. The van der Waals surface area contributed by atoms with Gasteiger partial charge in [0.25, 0.3) is 0 Å². The monoisotopic (exact) mass is 117 g/mol. The van der Waals surface area contributed by atoms with Gasteiger partial charge in [-0.3, -0.25) is 0 Å². The zero-order chi connectivity index (χ0) is 6.41. The van der Waals surface area contributed by atoms with Gasteiger partial charge in [-0.05, 0) is 6.42 Å². The first kappa shape index (κ1) is 7.40. The van der Waals surface area contributed by atoms with Crippen molar-refractivity contribution in [1.82, 2.24) is 5.43 Å². The lowest BCUT2D eigenvalue weighted by Gasteiger charge is -1.89. The summed E-state index contributed by atoms with van der Waals surface area (Å²) in [5.41, 5.74) is 2.62. The predicted molar refractivity (Wildman–Crippen MR) is 32.5 cm³/mol. The fourth-order valence-electron chi connectivity index (χ4n) is 0.413. The standard InChI is InChI=1S/C5H13N2O/c1-3-4-5-6-7(2)8/h3-5H2,1-2H3,(H,6,8)/q+1. The Morgan fingerprint density at radius 3 is 2.62 bits per heavy atom. The highest BCUT2D eigenvalue weighted by Gasteiger charge is 1.91. The summed E-state index contributed by atoms with van der Waals surface area (Å²) in [6.45, 7) is 2.88. The van der Waals surface area contributed by atoms with Crippen molar-refractivity contribution in [2.24, 2.45) is 0 Å². The van der Waals surface area contributed by atoms with Crippen molar-refractivity contribution in [3.63, 3.8) is 0 Å². The van der Waals surface area contributed by atoms with Crippen LogP contribution in [0.5, 0.6) is 0 Å². The Hall–Kier alpha value is -0.600. The van der Waals surface area contributed by atoms with Gasteiger partial charge in [0.2, 0.25) is 7.05 Å². The number of nitrogens with zero attached hydrogens (tertiary/aromatic N) is 1. The van der Waals surface area contributed by atoms with Crippen molar-refractivity contribution >= 4 is 0 Å². The Morgan fingerprint density at radius 1 is 1.62 bits per heavy atom. The maximum Gasteiger partial charge on any atom is 0.215 e. The highest BCUT2D eigenvalue weighted by Crippen LogP contribution is 1.80. The van der Waals surface area contributed by atoms with E-state index in [1.807, 2.05) is 0 Å². The van der Waals surface area contributed by atoms with E-state index in [2.05, 4.69) is 12.3 Å². The molecule has 0 aliphatic carbocycles. The summed E-state index contributed by atoms with van der Waals surface area (Å²) in [6.07, 6.45) is 2.19. The van der Waals surface area contributed by atoms with Gasteiger partial charge in [-0.1, -0.05) is 13.3 Å². The third-order valence-corrected chi connectivity index (χ3v) is 0.865. The SMILES string of the molecule is CCCCN[N+](C)=O. The molecule has 0 radical (unpaired) electrons. The highest BCUT2D eigenvalue weighted by molar-refractivity contribution is 4.31. The summed E-state index contributed by atoms with van der Waals surface area (Å²) in [7, 11) is 1.45. The van der Waals surface area contributed by atoms with E-state index in [4.69, 9.17) is 0 Å². The summed E-state index contributed by atoms with van der Waals surface area (Å²) in [5, 5.41) is 0. The summed E-state index contributed by atoms with van der Waals surface area (Å²) < 4.78 is 0. The van der Waals surface area contributed by atoms with Gasteiger partial charge in [-0.2, -0.15) is 5.43 Å². The first-order valence-corrected chi connectivity index (χ1v) is 2.91. The minimum atomic E-state index is 0.732. The summed E-state index contributed by atoms with van der Waals surface area (Å²) in [6, 6.07) is 0. The van der Waals surface area contributed by atoms with E-state index in [0.717, 1.165) is 24.3 Å². The van der Waals surface area contributed by atoms with Gasteiger partial charge in [0.15, 0.2) is 0 Å². The Balaban J connectivity index is 2.82. The molecule has 3 heteroatoms. The van der Waals surface area contributed by atoms with Crippen LogP contribution in [-0.2, 0) is 0 Å². The normalized spacial score (nSPS) is 8.75. The maximum atomic E-state index is 10.1. The Bertz CT molecular complexity index is 72.8.